The number of hydrogen-bond acceptors (Lipinski definition) is 6. The Morgan fingerprint density at radius 1 is 0.577 bits per heavy atom. The highest BCUT2D eigenvalue weighted by molar-refractivity contribution is 6.49. The molecule has 138 valence electrons. The monoisotopic (exact) mass is 362 g/mol. The smallest absolute Gasteiger partial charge is 0.300 e. The van der Waals surface area contributed by atoms with Crippen LogP contribution >= 0.6 is 0 Å². The van der Waals surface area contributed by atoms with E-state index in [1.807, 2.05) is 0 Å². The maximum absolute atomic E-state index is 11.8. The van der Waals surface area contributed by atoms with Crippen molar-refractivity contribution in [1.82, 2.24) is 0 Å². The number of hydrogen-bond donors (Lipinski definition) is 4. The van der Waals surface area contributed by atoms with Crippen LogP contribution in [-0.2, 0) is 9.59 Å². The molecule has 0 fully saturated rings. The van der Waals surface area contributed by atoms with Gasteiger partial charge < -0.3 is 20.4 Å². The third-order valence-corrected chi connectivity index (χ3v) is 2.47. The fraction of sp³-hybridized carbons (Fsp3) is 0.111. The second-order valence-corrected chi connectivity index (χ2v) is 4.79. The number of phenolic OH excluding ortho intramolecular Hbond substituents is 2. The first-order chi connectivity index (χ1) is 12.0. The summed E-state index contributed by atoms with van der Waals surface area (Å²) in [6, 6.07) is 10.9. The largest absolute Gasteiger partial charge is 0.508 e. The van der Waals surface area contributed by atoms with Crippen LogP contribution in [0.4, 0.5) is 0 Å². The molecule has 4 N–H and O–H groups in total. The van der Waals surface area contributed by atoms with Gasteiger partial charge in [-0.15, -0.1) is 0 Å². The Bertz CT molecular complexity index is 685. The first-order valence-electron chi connectivity index (χ1n) is 7.10. The molecule has 0 heterocycles. The molecule has 0 bridgehead atoms. The second-order valence-electron chi connectivity index (χ2n) is 4.79. The van der Waals surface area contributed by atoms with Gasteiger partial charge in [0.25, 0.3) is 11.9 Å². The Morgan fingerprint density at radius 3 is 0.962 bits per heavy atom. The second kappa shape index (κ2) is 11.0. The van der Waals surface area contributed by atoms with Crippen molar-refractivity contribution in [2.75, 3.05) is 0 Å². The Hall–Kier alpha value is -3.68. The molecule has 0 aliphatic heterocycles. The number of ketones is 2. The zero-order chi connectivity index (χ0) is 20.3. The summed E-state index contributed by atoms with van der Waals surface area (Å²) in [6.07, 6.45) is 0. The van der Waals surface area contributed by atoms with Crippen molar-refractivity contribution < 1.29 is 39.6 Å². The number of carbonyl (C=O) groups is 4. The summed E-state index contributed by atoms with van der Waals surface area (Å²) in [5, 5.41) is 33.0. The molecule has 0 saturated heterocycles. The molecule has 0 atom stereocenters. The number of phenols is 2. The number of carbonyl (C=O) groups excluding carboxylic acids is 2. The Balaban J connectivity index is 0.000000662. The van der Waals surface area contributed by atoms with Gasteiger partial charge in [-0.2, -0.15) is 0 Å². The van der Waals surface area contributed by atoms with Gasteiger partial charge in [-0.3, -0.25) is 19.2 Å². The van der Waals surface area contributed by atoms with E-state index in [9.17, 15) is 9.59 Å². The van der Waals surface area contributed by atoms with Crippen LogP contribution in [0.1, 0.15) is 34.6 Å². The minimum absolute atomic E-state index is 0.0311. The minimum Gasteiger partial charge on any atom is -0.508 e. The van der Waals surface area contributed by atoms with Gasteiger partial charge in [0.2, 0.25) is 11.6 Å². The molecular weight excluding hydrogens is 344 g/mol. The van der Waals surface area contributed by atoms with Crippen molar-refractivity contribution in [2.24, 2.45) is 0 Å². The van der Waals surface area contributed by atoms with Gasteiger partial charge in [0.15, 0.2) is 0 Å². The van der Waals surface area contributed by atoms with Crippen molar-refractivity contribution in [3.63, 3.8) is 0 Å². The van der Waals surface area contributed by atoms with Gasteiger partial charge in [-0.05, 0) is 48.5 Å². The Kier molecular flexibility index (Phi) is 9.42. The van der Waals surface area contributed by atoms with Gasteiger partial charge in [0.1, 0.15) is 11.5 Å². The molecule has 8 nitrogen and oxygen atoms in total. The summed E-state index contributed by atoms with van der Waals surface area (Å²) in [5.74, 6) is -2.91. The molecule has 2 aromatic rings. The topological polar surface area (TPSA) is 149 Å². The van der Waals surface area contributed by atoms with Gasteiger partial charge in [-0.25, -0.2) is 0 Å². The van der Waals surface area contributed by atoms with E-state index in [1.54, 1.807) is 0 Å². The van der Waals surface area contributed by atoms with Crippen molar-refractivity contribution in [2.45, 2.75) is 13.8 Å². The molecule has 0 radical (unpaired) electrons. The third kappa shape index (κ3) is 9.46. The number of carboxylic acids is 2. The fourth-order valence-electron chi connectivity index (χ4n) is 1.49. The van der Waals surface area contributed by atoms with Gasteiger partial charge in [0.05, 0.1) is 0 Å². The summed E-state index contributed by atoms with van der Waals surface area (Å²) in [7, 11) is 0. The lowest BCUT2D eigenvalue weighted by Gasteiger charge is -2.01. The van der Waals surface area contributed by atoms with Crippen molar-refractivity contribution in [3.05, 3.63) is 59.7 Å². The van der Waals surface area contributed by atoms with Gasteiger partial charge in [0, 0.05) is 25.0 Å². The zero-order valence-electron chi connectivity index (χ0n) is 14.0. The molecule has 2 aromatic carbocycles. The van der Waals surface area contributed by atoms with Gasteiger partial charge in [-0.1, -0.05) is 0 Å². The number of aliphatic carboxylic acids is 2. The number of Topliss-reactive ketones (excluding diaryl/α,β-unsaturated/α-hetero) is 2. The van der Waals surface area contributed by atoms with Crippen LogP contribution in [0.3, 0.4) is 0 Å². The van der Waals surface area contributed by atoms with E-state index in [0.29, 0.717) is 0 Å². The molecule has 2 rings (SSSR count). The van der Waals surface area contributed by atoms with Crippen molar-refractivity contribution in [1.29, 1.82) is 0 Å². The predicted octanol–water partition coefficient (Wildman–Crippen LogP) is 2.35. The van der Waals surface area contributed by atoms with E-state index in [1.165, 1.54) is 48.5 Å². The normalized spacial score (nSPS) is 8.85. The number of aromatic hydroxyl groups is 2. The highest BCUT2D eigenvalue weighted by Crippen LogP contribution is 2.14. The summed E-state index contributed by atoms with van der Waals surface area (Å²) in [6.45, 7) is 2.17. The average Bonchev–Trinajstić information content (AvgIpc) is 2.54. The minimum atomic E-state index is -0.833. The molecular formula is C18H18O8. The van der Waals surface area contributed by atoms with Crippen LogP contribution in [-0.4, -0.2) is 43.9 Å². The summed E-state index contributed by atoms with van der Waals surface area (Å²) in [5.41, 5.74) is 0.428. The predicted molar refractivity (Wildman–Crippen MR) is 91.5 cm³/mol. The molecule has 0 unspecified atom stereocenters. The van der Waals surface area contributed by atoms with Gasteiger partial charge >= 0.3 is 0 Å². The summed E-state index contributed by atoms with van der Waals surface area (Å²) >= 11 is 0. The van der Waals surface area contributed by atoms with Crippen LogP contribution in [0.15, 0.2) is 48.5 Å². The third-order valence-electron chi connectivity index (χ3n) is 2.47. The van der Waals surface area contributed by atoms with E-state index in [2.05, 4.69) is 0 Å². The molecule has 0 amide bonds. The number of benzene rings is 2. The van der Waals surface area contributed by atoms with E-state index in [0.717, 1.165) is 13.8 Å². The first-order valence-corrected chi connectivity index (χ1v) is 7.10. The summed E-state index contributed by atoms with van der Waals surface area (Å²) < 4.78 is 0. The molecule has 0 aromatic heterocycles. The lowest BCUT2D eigenvalue weighted by atomic mass is 10.0. The average molecular weight is 362 g/mol. The lowest BCUT2D eigenvalue weighted by Crippen LogP contribution is -2.14. The molecule has 0 aliphatic carbocycles. The van der Waals surface area contributed by atoms with Crippen LogP contribution in [0.25, 0.3) is 0 Å². The van der Waals surface area contributed by atoms with E-state index >= 15 is 0 Å². The van der Waals surface area contributed by atoms with Crippen LogP contribution < -0.4 is 0 Å². The molecule has 8 heteroatoms. The number of rotatable bonds is 3. The maximum atomic E-state index is 11.8. The van der Waals surface area contributed by atoms with E-state index < -0.39 is 23.5 Å². The maximum Gasteiger partial charge on any atom is 0.300 e. The van der Waals surface area contributed by atoms with E-state index in [-0.39, 0.29) is 22.6 Å². The van der Waals surface area contributed by atoms with Crippen molar-refractivity contribution >= 4 is 23.5 Å². The zero-order valence-corrected chi connectivity index (χ0v) is 14.0. The molecule has 26 heavy (non-hydrogen) atoms. The van der Waals surface area contributed by atoms with Crippen LogP contribution in [0.2, 0.25) is 0 Å². The van der Waals surface area contributed by atoms with Crippen LogP contribution in [0, 0.1) is 0 Å². The quantitative estimate of drug-likeness (QED) is 0.480. The Labute approximate surface area is 149 Å². The standard InChI is InChI=1S/C14H10O4.2C2H4O2/c15-11-5-1-9(2-6-11)13(17)14(18)10-3-7-12(16)8-4-10;2*1-2(3)4/h1-8,15-16H;2*1H3,(H,3,4). The number of carboxylic acid groups (broad SMARTS) is 2. The molecule has 0 aliphatic rings. The highest BCUT2D eigenvalue weighted by atomic mass is 16.4. The summed E-state index contributed by atoms with van der Waals surface area (Å²) in [4.78, 5) is 41.7. The molecule has 0 spiro atoms. The first kappa shape index (κ1) is 22.3. The molecule has 0 saturated carbocycles. The Morgan fingerprint density at radius 2 is 0.769 bits per heavy atom. The lowest BCUT2D eigenvalue weighted by molar-refractivity contribution is -0.135. The van der Waals surface area contributed by atoms with E-state index in [4.69, 9.17) is 30.0 Å². The van der Waals surface area contributed by atoms with Crippen molar-refractivity contribution in [3.8, 4) is 11.5 Å². The van der Waals surface area contributed by atoms with Crippen LogP contribution in [0.5, 0.6) is 11.5 Å². The highest BCUT2D eigenvalue weighted by Gasteiger charge is 2.17. The SMILES string of the molecule is CC(=O)O.CC(=O)O.O=C(C(=O)c1ccc(O)cc1)c1ccc(O)cc1. The fourth-order valence-corrected chi connectivity index (χ4v) is 1.49.